The number of ether oxygens (including phenoxy) is 1. The van der Waals surface area contributed by atoms with E-state index >= 15 is 0 Å². The minimum Gasteiger partial charge on any atom is -0.380 e. The Balaban J connectivity index is 1.46. The van der Waals surface area contributed by atoms with Crippen LogP contribution < -0.4 is 5.32 Å². The molecular formula is C34H52N8O3. The first-order valence-corrected chi connectivity index (χ1v) is 16.6. The summed E-state index contributed by atoms with van der Waals surface area (Å²) in [5, 5.41) is 16.6. The third kappa shape index (κ3) is 7.56. The number of tetrazole rings is 1. The molecule has 1 unspecified atom stereocenters. The van der Waals surface area contributed by atoms with Gasteiger partial charge >= 0.3 is 0 Å². The number of rotatable bonds is 8. The molecule has 45 heavy (non-hydrogen) atoms. The second kappa shape index (κ2) is 13.2. The van der Waals surface area contributed by atoms with Gasteiger partial charge in [-0.2, -0.15) is 5.21 Å². The van der Waals surface area contributed by atoms with Crippen molar-refractivity contribution in [2.45, 2.75) is 117 Å². The Kier molecular flexibility index (Phi) is 9.68. The number of nitrogens with one attached hydrogen (secondary N) is 2. The molecule has 2 atom stereocenters. The van der Waals surface area contributed by atoms with Gasteiger partial charge in [0.05, 0.1) is 18.7 Å². The molecule has 1 spiro atoms. The Morgan fingerprint density at radius 2 is 1.82 bits per heavy atom. The van der Waals surface area contributed by atoms with Crippen LogP contribution in [-0.4, -0.2) is 80.0 Å². The van der Waals surface area contributed by atoms with Gasteiger partial charge in [-0.3, -0.25) is 9.59 Å². The number of hydrogen-bond acceptors (Lipinski definition) is 8. The van der Waals surface area contributed by atoms with Crippen molar-refractivity contribution in [3.05, 3.63) is 41.2 Å². The van der Waals surface area contributed by atoms with Crippen LogP contribution in [0.5, 0.6) is 0 Å². The number of methoxy groups -OCH3 is 1. The van der Waals surface area contributed by atoms with E-state index in [0.717, 1.165) is 63.5 Å². The molecule has 246 valence electrons. The van der Waals surface area contributed by atoms with Crippen molar-refractivity contribution in [2.24, 2.45) is 21.7 Å². The van der Waals surface area contributed by atoms with Crippen LogP contribution in [0, 0.1) is 16.7 Å². The molecule has 0 bridgehead atoms. The summed E-state index contributed by atoms with van der Waals surface area (Å²) in [6, 6.07) is 7.56. The predicted molar refractivity (Wildman–Crippen MR) is 173 cm³/mol. The molecule has 1 saturated heterocycles. The zero-order valence-corrected chi connectivity index (χ0v) is 28.2. The number of nitrogens with zero attached hydrogens (tertiary/aromatic N) is 6. The van der Waals surface area contributed by atoms with E-state index in [4.69, 9.17) is 9.73 Å². The fourth-order valence-corrected chi connectivity index (χ4v) is 7.24. The summed E-state index contributed by atoms with van der Waals surface area (Å²) >= 11 is 0. The van der Waals surface area contributed by atoms with Gasteiger partial charge in [-0.1, -0.05) is 58.9 Å². The lowest BCUT2D eigenvalue weighted by molar-refractivity contribution is -0.134. The highest BCUT2D eigenvalue weighted by atomic mass is 16.5. The van der Waals surface area contributed by atoms with Crippen molar-refractivity contribution < 1.29 is 14.3 Å². The van der Waals surface area contributed by atoms with Gasteiger partial charge in [-0.05, 0) is 85.8 Å². The third-order valence-electron chi connectivity index (χ3n) is 10.0. The minimum atomic E-state index is -0.572. The topological polar surface area (TPSA) is 129 Å². The van der Waals surface area contributed by atoms with Crippen molar-refractivity contribution in [1.82, 2.24) is 35.7 Å². The first-order chi connectivity index (χ1) is 21.3. The van der Waals surface area contributed by atoms with Crippen LogP contribution in [0.3, 0.4) is 0 Å². The zero-order valence-electron chi connectivity index (χ0n) is 28.2. The van der Waals surface area contributed by atoms with Gasteiger partial charge in [-0.25, -0.2) is 4.99 Å². The van der Waals surface area contributed by atoms with E-state index in [2.05, 4.69) is 77.3 Å². The number of aromatic amines is 1. The SMILES string of the molecule is COC1CCCN(C2=NC3(CCC(C(C)(C)C)CC3)N([C@H](CCC(C)(C)C)c3ccc(C(=O)NCc4nn[nH]n4)cc3)C2=O)C1. The van der Waals surface area contributed by atoms with Gasteiger partial charge in [0, 0.05) is 25.8 Å². The molecule has 2 fully saturated rings. The van der Waals surface area contributed by atoms with Crippen LogP contribution in [0.1, 0.15) is 121 Å². The number of carbonyl (C=O) groups is 2. The summed E-state index contributed by atoms with van der Waals surface area (Å²) in [5.41, 5.74) is 1.31. The number of carbonyl (C=O) groups excluding carboxylic acids is 2. The summed E-state index contributed by atoms with van der Waals surface area (Å²) in [7, 11) is 1.76. The highest BCUT2D eigenvalue weighted by molar-refractivity contribution is 6.39. The van der Waals surface area contributed by atoms with Gasteiger partial charge in [0.15, 0.2) is 11.7 Å². The molecule has 11 heteroatoms. The van der Waals surface area contributed by atoms with E-state index < -0.39 is 5.66 Å². The lowest BCUT2D eigenvalue weighted by Gasteiger charge is -2.47. The van der Waals surface area contributed by atoms with E-state index in [0.29, 0.717) is 29.7 Å². The Hall–Kier alpha value is -3.34. The van der Waals surface area contributed by atoms with E-state index in [-0.39, 0.29) is 41.3 Å². The highest BCUT2D eigenvalue weighted by Gasteiger charge is 2.54. The highest BCUT2D eigenvalue weighted by Crippen LogP contribution is 2.50. The predicted octanol–water partition coefficient (Wildman–Crippen LogP) is 5.28. The summed E-state index contributed by atoms with van der Waals surface area (Å²) < 4.78 is 5.73. The summed E-state index contributed by atoms with van der Waals surface area (Å²) in [6.07, 6.45) is 7.63. The Labute approximate surface area is 267 Å². The molecule has 1 aromatic heterocycles. The summed E-state index contributed by atoms with van der Waals surface area (Å²) in [6.45, 7) is 15.4. The van der Waals surface area contributed by atoms with Gasteiger partial charge in [0.1, 0.15) is 5.66 Å². The van der Waals surface area contributed by atoms with Crippen LogP contribution in [0.4, 0.5) is 0 Å². The Bertz CT molecular complexity index is 1330. The maximum atomic E-state index is 14.7. The molecule has 1 aliphatic carbocycles. The molecule has 2 aliphatic heterocycles. The van der Waals surface area contributed by atoms with Crippen molar-refractivity contribution in [3.8, 4) is 0 Å². The Morgan fingerprint density at radius 3 is 2.42 bits per heavy atom. The molecule has 1 saturated carbocycles. The van der Waals surface area contributed by atoms with Crippen molar-refractivity contribution in [2.75, 3.05) is 20.2 Å². The van der Waals surface area contributed by atoms with Crippen LogP contribution in [0.25, 0.3) is 0 Å². The number of H-pyrrole nitrogens is 1. The quantitative estimate of drug-likeness (QED) is 0.411. The van der Waals surface area contributed by atoms with Gasteiger partial charge < -0.3 is 19.9 Å². The molecule has 3 aliphatic rings. The van der Waals surface area contributed by atoms with E-state index in [9.17, 15) is 9.59 Å². The largest absolute Gasteiger partial charge is 0.380 e. The van der Waals surface area contributed by atoms with E-state index in [1.165, 1.54) is 0 Å². The number of likely N-dealkylation sites (tertiary alicyclic amines) is 1. The van der Waals surface area contributed by atoms with Gasteiger partial charge in [-0.15, -0.1) is 10.2 Å². The number of aliphatic imine (C=N–C) groups is 1. The second-order valence-electron chi connectivity index (χ2n) is 15.4. The molecule has 2 N–H and O–H groups in total. The molecule has 11 nitrogen and oxygen atoms in total. The number of benzene rings is 1. The van der Waals surface area contributed by atoms with Crippen LogP contribution in [0.15, 0.2) is 29.3 Å². The Morgan fingerprint density at radius 1 is 1.11 bits per heavy atom. The fourth-order valence-electron chi connectivity index (χ4n) is 7.24. The van der Waals surface area contributed by atoms with Crippen LogP contribution >= 0.6 is 0 Å². The average molecular weight is 621 g/mol. The second-order valence-corrected chi connectivity index (χ2v) is 15.4. The first kappa shape index (κ1) is 33.0. The van der Waals surface area contributed by atoms with Gasteiger partial charge in [0.25, 0.3) is 11.8 Å². The molecule has 2 aromatic rings. The monoisotopic (exact) mass is 620 g/mol. The lowest BCUT2D eigenvalue weighted by Crippen LogP contribution is -2.53. The lowest BCUT2D eigenvalue weighted by atomic mass is 9.69. The maximum absolute atomic E-state index is 14.7. The van der Waals surface area contributed by atoms with Gasteiger partial charge in [0.2, 0.25) is 0 Å². The molecule has 2 amide bonds. The fraction of sp³-hybridized carbons (Fsp3) is 0.706. The number of piperidine rings is 1. The number of aromatic nitrogens is 4. The number of amides is 2. The molecule has 5 rings (SSSR count). The molecular weight excluding hydrogens is 568 g/mol. The van der Waals surface area contributed by atoms with E-state index in [1.807, 2.05) is 24.3 Å². The van der Waals surface area contributed by atoms with Crippen molar-refractivity contribution >= 4 is 17.6 Å². The molecule has 3 heterocycles. The number of hydrogen-bond donors (Lipinski definition) is 2. The normalized spacial score (nSPS) is 25.0. The van der Waals surface area contributed by atoms with Crippen LogP contribution in [-0.2, 0) is 16.1 Å². The molecule has 0 radical (unpaired) electrons. The molecule has 1 aromatic carbocycles. The zero-order chi connectivity index (χ0) is 32.4. The summed E-state index contributed by atoms with van der Waals surface area (Å²) in [5.74, 6) is 1.43. The maximum Gasteiger partial charge on any atom is 0.291 e. The first-order valence-electron chi connectivity index (χ1n) is 16.6. The standard InChI is InChI=1S/C34H52N8O3/c1-32(2,3)17-16-27(23-10-12-24(13-11-23)30(43)35-21-28-37-39-40-38-28)42-31(44)29(41-20-8-9-26(22-41)45-7)36-34(42)18-14-25(15-19-34)33(4,5)6/h10-13,25-27H,8-9,14-22H2,1-7H3,(H,35,43)(H,37,38,39,40)/t25?,26?,27-,34?/m1/s1. The van der Waals surface area contributed by atoms with E-state index in [1.54, 1.807) is 7.11 Å². The smallest absolute Gasteiger partial charge is 0.291 e. The summed E-state index contributed by atoms with van der Waals surface area (Å²) in [4.78, 5) is 37.3. The van der Waals surface area contributed by atoms with Crippen molar-refractivity contribution in [1.29, 1.82) is 0 Å². The average Bonchev–Trinajstić information content (AvgIpc) is 3.62. The van der Waals surface area contributed by atoms with Crippen LogP contribution in [0.2, 0.25) is 0 Å². The number of amidine groups is 1. The minimum absolute atomic E-state index is 0.0294. The third-order valence-corrected chi connectivity index (χ3v) is 10.0. The van der Waals surface area contributed by atoms with Crippen molar-refractivity contribution in [3.63, 3.8) is 0 Å².